The third kappa shape index (κ3) is 16.4. The van der Waals surface area contributed by atoms with Crippen molar-refractivity contribution in [3.63, 3.8) is 0 Å². The van der Waals surface area contributed by atoms with E-state index in [0.29, 0.717) is 143 Å². The molecule has 0 unspecified atom stereocenters. The van der Waals surface area contributed by atoms with Crippen LogP contribution >= 0.6 is 0 Å². The van der Waals surface area contributed by atoms with Crippen LogP contribution in [0.15, 0.2) is 111 Å². The first-order valence-electron chi connectivity index (χ1n) is 41.9. The summed E-state index contributed by atoms with van der Waals surface area (Å²) in [7, 11) is 1.36. The lowest BCUT2D eigenvalue weighted by Gasteiger charge is -2.26. The molecule has 0 radical (unpaired) electrons. The van der Waals surface area contributed by atoms with Crippen LogP contribution < -0.4 is 59.2 Å². The Morgan fingerprint density at radius 1 is 0.431 bits per heavy atom. The molecule has 12 N–H and O–H groups in total. The van der Waals surface area contributed by atoms with E-state index >= 15 is 0 Å². The summed E-state index contributed by atoms with van der Waals surface area (Å²) in [5.41, 5.74) is 11.7. The normalized spacial score (nSPS) is 26.4. The van der Waals surface area contributed by atoms with Crippen molar-refractivity contribution in [2.75, 3.05) is 46.6 Å². The van der Waals surface area contributed by atoms with E-state index in [4.69, 9.17) is 37.9 Å². The lowest BCUT2D eigenvalue weighted by atomic mass is 9.98. The Kier molecular flexibility index (Phi) is 24.5. The average Bonchev–Trinajstić information content (AvgIpc) is 1.64. The molecule has 20 rings (SSSR count). The summed E-state index contributed by atoms with van der Waals surface area (Å²) in [5.74, 6) is 2.83. The summed E-state index contributed by atoms with van der Waals surface area (Å²) < 4.78 is 84.2. The molecule has 4 aliphatic carbocycles. The monoisotopic (exact) mass is 1690 g/mol. The molecule has 35 heteroatoms. The Labute approximate surface area is 706 Å². The number of halogens is 2. The average molecular weight is 1690 g/mol. The van der Waals surface area contributed by atoms with Gasteiger partial charge in [0, 0.05) is 150 Å². The van der Waals surface area contributed by atoms with E-state index < -0.39 is 91.1 Å². The number of nitrogens with zero attached hydrogens (tertiary/aromatic N) is 13. The van der Waals surface area contributed by atoms with Gasteiger partial charge in [-0.05, 0) is 128 Å². The van der Waals surface area contributed by atoms with E-state index in [2.05, 4.69) is 73.0 Å². The molecule has 0 spiro atoms. The van der Waals surface area contributed by atoms with Gasteiger partial charge in [0.2, 0.25) is 5.88 Å². The SMILES string of the molecule is CCOc1cc(O[C@H]2C[C@@H](n3ccc4c(C)ncnc43)[C@H](O)[C@@H]2O)c2c(c1F)CCNC2.COc1nc(O[C@H]2C[C@@H](n3ccc4c(C)ncnc43)[C@H](O)[C@@H]2O)c2c(c1F)CCNC2.Cc1cc2c(c(O[C@H]3C[C@@H](n4ccc5c(C)ncnc54)[C@H](O)[C@@H]3O)c1)CNCCO2.Cc1ncnc2c1ccn2[C@@H]1C[C@H](Oc2cccc3c2CN[C@@H](C)CO3)[C@@H](O)[C@H]1O. The molecular weight excluding hydrogens is 1590 g/mol. The van der Waals surface area contributed by atoms with Gasteiger partial charge in [-0.3, -0.25) is 0 Å². The van der Waals surface area contributed by atoms with E-state index in [1.165, 1.54) is 32.4 Å². The van der Waals surface area contributed by atoms with E-state index in [-0.39, 0.29) is 41.5 Å². The minimum absolute atomic E-state index is 0.135. The second-order valence-electron chi connectivity index (χ2n) is 32.7. The molecule has 0 amide bonds. The van der Waals surface area contributed by atoms with E-state index in [0.717, 1.165) is 95.9 Å². The van der Waals surface area contributed by atoms with E-state index in [9.17, 15) is 49.6 Å². The first-order valence-corrected chi connectivity index (χ1v) is 41.9. The van der Waals surface area contributed by atoms with Gasteiger partial charge in [0.05, 0.1) is 60.7 Å². The van der Waals surface area contributed by atoms with Crippen LogP contribution in [0, 0.1) is 46.3 Å². The van der Waals surface area contributed by atoms with Crippen LogP contribution in [0.25, 0.3) is 44.1 Å². The Balaban J connectivity index is 0.000000116. The van der Waals surface area contributed by atoms with E-state index in [1.54, 1.807) is 13.0 Å². The molecule has 0 bridgehead atoms. The maximum absolute atomic E-state index is 14.9. The van der Waals surface area contributed by atoms with Gasteiger partial charge in [0.25, 0.3) is 5.88 Å². The number of aryl methyl sites for hydroxylation is 5. The van der Waals surface area contributed by atoms with Crippen LogP contribution in [0.5, 0.6) is 46.3 Å². The van der Waals surface area contributed by atoms with Crippen molar-refractivity contribution in [3.8, 4) is 46.3 Å². The van der Waals surface area contributed by atoms with Crippen LogP contribution in [0.2, 0.25) is 0 Å². The molecule has 4 aliphatic heterocycles. The van der Waals surface area contributed by atoms with Crippen molar-refractivity contribution in [3.05, 3.63) is 184 Å². The van der Waals surface area contributed by atoms with Gasteiger partial charge < -0.3 is 118 Å². The largest absolute Gasteiger partial charge is 0.492 e. The number of fused-ring (bicyclic) bond motifs is 8. The summed E-state index contributed by atoms with van der Waals surface area (Å²) in [6.07, 6.45) is 5.38. The van der Waals surface area contributed by atoms with Crippen molar-refractivity contribution in [2.45, 2.75) is 217 Å². The Hall–Kier alpha value is -10.9. The Morgan fingerprint density at radius 3 is 1.33 bits per heavy atom. The molecular formula is C88H103F2N17O16. The van der Waals surface area contributed by atoms with Crippen molar-refractivity contribution < 1.29 is 87.5 Å². The molecule has 8 aliphatic rings. The molecule has 650 valence electrons. The third-order valence-corrected chi connectivity index (χ3v) is 25.0. The Morgan fingerprint density at radius 2 is 0.854 bits per heavy atom. The Bertz CT molecular complexity index is 5840. The molecule has 0 saturated heterocycles. The number of ether oxygens (including phenoxy) is 8. The number of aromatic nitrogens is 13. The zero-order valence-electron chi connectivity index (χ0n) is 69.4. The minimum atomic E-state index is -1.14. The quantitative estimate of drug-likeness (QED) is 0.0524. The van der Waals surface area contributed by atoms with Gasteiger partial charge in [0.15, 0.2) is 17.4 Å². The lowest BCUT2D eigenvalue weighted by molar-refractivity contribution is -0.0179. The van der Waals surface area contributed by atoms with Crippen LogP contribution in [0.1, 0.15) is 125 Å². The van der Waals surface area contributed by atoms with Gasteiger partial charge in [-0.25, -0.2) is 48.7 Å². The summed E-state index contributed by atoms with van der Waals surface area (Å²) in [4.78, 5) is 38.5. The van der Waals surface area contributed by atoms with Gasteiger partial charge in [-0.2, -0.15) is 4.98 Å². The summed E-state index contributed by atoms with van der Waals surface area (Å²) in [6.45, 7) is 19.3. The second-order valence-corrected chi connectivity index (χ2v) is 32.7. The third-order valence-electron chi connectivity index (χ3n) is 25.0. The number of aliphatic hydroxyl groups is 8. The molecule has 13 heterocycles. The number of pyridine rings is 1. The van der Waals surface area contributed by atoms with Gasteiger partial charge in [-0.1, -0.05) is 6.07 Å². The van der Waals surface area contributed by atoms with Crippen molar-refractivity contribution in [1.29, 1.82) is 0 Å². The second kappa shape index (κ2) is 35.7. The predicted octanol–water partition coefficient (Wildman–Crippen LogP) is 6.45. The molecule has 123 heavy (non-hydrogen) atoms. The predicted molar refractivity (Wildman–Crippen MR) is 445 cm³/mol. The highest BCUT2D eigenvalue weighted by Gasteiger charge is 2.49. The molecule has 33 nitrogen and oxygen atoms in total. The minimum Gasteiger partial charge on any atom is -0.492 e. The molecule has 3 aromatic carbocycles. The molecule has 4 saturated carbocycles. The van der Waals surface area contributed by atoms with Crippen molar-refractivity contribution in [1.82, 2.24) is 84.4 Å². The summed E-state index contributed by atoms with van der Waals surface area (Å²) in [6, 6.07) is 17.6. The van der Waals surface area contributed by atoms with Gasteiger partial charge in [0.1, 0.15) is 163 Å². The highest BCUT2D eigenvalue weighted by atomic mass is 19.1. The van der Waals surface area contributed by atoms with Crippen LogP contribution in [-0.4, -0.2) is 230 Å². The number of aliphatic hydroxyl groups excluding tert-OH is 8. The fourth-order valence-corrected chi connectivity index (χ4v) is 18.3. The number of benzene rings is 3. The molecule has 12 aromatic rings. The number of methoxy groups -OCH3 is 1. The summed E-state index contributed by atoms with van der Waals surface area (Å²) in [5, 5.41) is 103. The standard InChI is InChI=1S/C23H27FN4O4.2C22H26N4O4.C21H24FN5O4/c1-3-31-18-9-17(15-10-25-6-4-14(15)20(18)24)32-19-8-16(21(29)22(19)30)28-7-5-13-12(2)26-11-27-23(13)28;1-12-7-17-15(10-23-4-6-29-17)18(8-12)30-19-9-16(20(27)21(19)28)26-5-3-14-13(2)24-11-25-22(14)26;1-12-10-29-17-4-3-5-18(15(17)9-23-12)30-19-8-16(20(27)21(19)28)26-7-6-14-13(2)24-11-25-22(14)26;1-10-11-4-6-27(19(11)25-9-24-10)14-7-15(18(29)17(14)28)31-20-13-8-23-5-3-12(13)16(22)21(26-20)30-2/h5,7,9,11,16,19,21-22,25,29-30H,3-4,6,8,10H2,1-2H3;3,5,7-8,11,16,19-21,23,27-28H,4,6,9-10H2,1-2H3;3-7,11-12,16,19-21,23,27-28H,8-10H2,1-2H3;4,6,9,14-15,17-18,23,28-29H,3,5,7-8H2,1-2H3/t16-,19+,21+,22-;16-,19+,20+,21-;12-,16+,19-,20-,21+;14-,15+,17+,18-/m1101/s1. The van der Waals surface area contributed by atoms with Crippen molar-refractivity contribution in [2.24, 2.45) is 0 Å². The number of nitrogens with one attached hydrogen (secondary N) is 4. The summed E-state index contributed by atoms with van der Waals surface area (Å²) >= 11 is 0. The van der Waals surface area contributed by atoms with E-state index in [1.807, 2.05) is 132 Å². The topological polar surface area (TPSA) is 420 Å². The first-order chi connectivity index (χ1) is 59.5. The molecule has 9 aromatic heterocycles. The maximum Gasteiger partial charge on any atom is 0.253 e. The van der Waals surface area contributed by atoms with Crippen LogP contribution in [0.4, 0.5) is 8.78 Å². The van der Waals surface area contributed by atoms with Crippen LogP contribution in [0.3, 0.4) is 0 Å². The maximum atomic E-state index is 14.9. The van der Waals surface area contributed by atoms with Gasteiger partial charge >= 0.3 is 0 Å². The molecule has 4 fully saturated rings. The van der Waals surface area contributed by atoms with Gasteiger partial charge in [-0.15, -0.1) is 0 Å². The van der Waals surface area contributed by atoms with Crippen LogP contribution in [-0.2, 0) is 39.0 Å². The fourth-order valence-electron chi connectivity index (χ4n) is 18.3. The number of rotatable bonds is 15. The molecule has 17 atom stereocenters. The highest BCUT2D eigenvalue weighted by Crippen LogP contribution is 2.45. The zero-order chi connectivity index (χ0) is 85.8. The zero-order valence-corrected chi connectivity index (χ0v) is 69.4. The number of hydrogen-bond acceptors (Lipinski definition) is 29. The first kappa shape index (κ1) is 84.3. The van der Waals surface area contributed by atoms with Crippen molar-refractivity contribution >= 4 is 44.1 Å². The fraction of sp³-hybridized carbons (Fsp3) is 0.466. The number of hydrogen-bond donors (Lipinski definition) is 12. The lowest BCUT2D eigenvalue weighted by Crippen LogP contribution is -2.35. The highest BCUT2D eigenvalue weighted by molar-refractivity contribution is 5.81. The smallest absolute Gasteiger partial charge is 0.253 e.